The molecule has 29 rings (SSSR count). The summed E-state index contributed by atoms with van der Waals surface area (Å²) in [6.07, 6.45) is 0.809. The van der Waals surface area contributed by atoms with E-state index in [1.807, 2.05) is 0 Å². The number of H-pyrrole nitrogens is 1. The molecule has 17 aromatic rings. The third kappa shape index (κ3) is 7.47. The SMILES string of the molecule is Brc1ccc2c(c1)-c1cc3cc(c1C2)C1(c2ccc(cc2)-c2ccc(cc2)C2(c4cc(c5[nH]c6ccc(Br)cc6c5c4)C4(c5ccc(cc5)-c5ccc(cc5)C35c3ccccc3-c3ccccc35)c3ccccc3-c3ccccc34)c3ccccc3-c3ccccc32)c2ccccc2-c2ccccc21. The van der Waals surface area contributed by atoms with E-state index in [1.165, 1.54) is 167 Å². The van der Waals surface area contributed by atoms with E-state index in [1.54, 1.807) is 0 Å². The molecule has 12 bridgehead atoms. The highest BCUT2D eigenvalue weighted by Crippen LogP contribution is 2.65. The summed E-state index contributed by atoms with van der Waals surface area (Å²) in [4.78, 5) is 4.16. The largest absolute Gasteiger partial charge is 0.354 e. The zero-order chi connectivity index (χ0) is 68.4. The van der Waals surface area contributed by atoms with E-state index in [9.17, 15) is 0 Å². The van der Waals surface area contributed by atoms with Gasteiger partial charge in [0.2, 0.25) is 0 Å². The molecule has 4 spiro atoms. The van der Waals surface area contributed by atoms with Crippen molar-refractivity contribution in [1.29, 1.82) is 0 Å². The Morgan fingerprint density at radius 1 is 0.221 bits per heavy atom. The quantitative estimate of drug-likeness (QED) is 0.156. The average molecular weight is 1450 g/mol. The molecular formula is C101H61Br2N. The van der Waals surface area contributed by atoms with Gasteiger partial charge in [-0.1, -0.05) is 341 Å². The summed E-state index contributed by atoms with van der Waals surface area (Å²) in [7, 11) is 0. The Hall–Kier alpha value is -11.7. The van der Waals surface area contributed by atoms with Crippen molar-refractivity contribution in [2.45, 2.75) is 28.1 Å². The van der Waals surface area contributed by atoms with Crippen LogP contribution in [0.15, 0.2) is 361 Å². The average Bonchev–Trinajstić information content (AvgIpc) is 1.49. The van der Waals surface area contributed by atoms with E-state index in [2.05, 4.69) is 389 Å². The summed E-state index contributed by atoms with van der Waals surface area (Å²) in [5, 5.41) is 2.36. The highest BCUT2D eigenvalue weighted by atomic mass is 79.9. The summed E-state index contributed by atoms with van der Waals surface area (Å²) in [5.41, 5.74) is 39.4. The third-order valence-corrected chi connectivity index (χ3v) is 26.1. The molecule has 0 saturated carbocycles. The van der Waals surface area contributed by atoms with Gasteiger partial charge in [0.15, 0.2) is 0 Å². The zero-order valence-corrected chi connectivity index (χ0v) is 59.6. The normalized spacial score (nSPS) is 15.1. The Labute approximate surface area is 620 Å². The Kier molecular flexibility index (Phi) is 12.1. The second kappa shape index (κ2) is 21.4. The molecule has 484 valence electrons. The van der Waals surface area contributed by atoms with Gasteiger partial charge in [-0.25, -0.2) is 0 Å². The van der Waals surface area contributed by atoms with Crippen LogP contribution in [-0.4, -0.2) is 4.98 Å². The lowest BCUT2D eigenvalue weighted by Crippen LogP contribution is -2.33. The zero-order valence-electron chi connectivity index (χ0n) is 56.4. The molecule has 0 atom stereocenters. The number of nitrogens with one attached hydrogen (secondary N) is 1. The van der Waals surface area contributed by atoms with E-state index in [4.69, 9.17) is 0 Å². The van der Waals surface area contributed by atoms with E-state index in [0.717, 1.165) is 48.7 Å². The van der Waals surface area contributed by atoms with Crippen molar-refractivity contribution < 1.29 is 0 Å². The van der Waals surface area contributed by atoms with Crippen molar-refractivity contribution >= 4 is 53.7 Å². The molecule has 0 radical (unpaired) electrons. The number of hydrogen-bond acceptors (Lipinski definition) is 0. The Morgan fingerprint density at radius 2 is 0.538 bits per heavy atom. The smallest absolute Gasteiger partial charge is 0.0734 e. The molecule has 1 nitrogen and oxygen atoms in total. The van der Waals surface area contributed by atoms with E-state index in [-0.39, 0.29) is 0 Å². The van der Waals surface area contributed by atoms with Gasteiger partial charge in [-0.3, -0.25) is 0 Å². The summed E-state index contributed by atoms with van der Waals surface area (Å²) < 4.78 is 2.12. The van der Waals surface area contributed by atoms with Crippen LogP contribution in [-0.2, 0) is 28.1 Å². The van der Waals surface area contributed by atoms with Crippen LogP contribution in [0.1, 0.15) is 100 Å². The fraction of sp³-hybridized carbons (Fsp3) is 0.0495. The number of hydrogen-bond donors (Lipinski definition) is 1. The molecule has 12 aliphatic carbocycles. The van der Waals surface area contributed by atoms with Gasteiger partial charge in [0, 0.05) is 25.2 Å². The second-order valence-corrected chi connectivity index (χ2v) is 31.3. The molecule has 12 aliphatic rings. The van der Waals surface area contributed by atoms with Crippen LogP contribution in [0.5, 0.6) is 0 Å². The van der Waals surface area contributed by atoms with Gasteiger partial charge in [-0.15, -0.1) is 0 Å². The Balaban J connectivity index is 0.853. The lowest BCUT2D eigenvalue weighted by atomic mass is 9.62. The van der Waals surface area contributed by atoms with Gasteiger partial charge >= 0.3 is 0 Å². The molecule has 104 heavy (non-hydrogen) atoms. The maximum atomic E-state index is 4.16. The monoisotopic (exact) mass is 1450 g/mol. The predicted molar refractivity (Wildman–Crippen MR) is 433 cm³/mol. The summed E-state index contributed by atoms with van der Waals surface area (Å²) >= 11 is 8.01. The van der Waals surface area contributed by atoms with Crippen LogP contribution in [0.25, 0.3) is 99.7 Å². The van der Waals surface area contributed by atoms with Crippen molar-refractivity contribution in [3.05, 3.63) is 461 Å². The molecule has 0 aliphatic heterocycles. The number of halogens is 2. The number of aromatic amines is 1. The first-order valence-corrected chi connectivity index (χ1v) is 37.9. The topological polar surface area (TPSA) is 15.8 Å². The molecule has 1 aromatic heterocycles. The van der Waals surface area contributed by atoms with Crippen molar-refractivity contribution in [2.24, 2.45) is 0 Å². The van der Waals surface area contributed by atoms with Gasteiger partial charge in [-0.2, -0.15) is 0 Å². The standard InChI is InChI=1S/C101H61Br2N/c102-71-50-41-64-53-83-82(81(64)58-71)54-69-56-94(83)100(90-29-13-5-21-77(90)78-22-6-14-30-91(78)100)67-46-37-62(38-47-67)60-35-44-66(45-36-60)99(88-27-11-3-19-75(88)76-20-4-12-28-89(76)99)70-55-85-84-59-72(103)51-52-96(84)104-97(85)95(57-70)101(92-31-15-7-23-79(92)80-24-8-16-32-93(80)101)68-48-39-63(40-49-68)61-33-42-65(43-34-61)98(69)86-25-9-1-17-73(86)74-18-2-10-26-87(74)98/h1-52,54-59,104H,53H2. The van der Waals surface area contributed by atoms with E-state index in [0.29, 0.717) is 0 Å². The molecule has 3 heteroatoms. The summed E-state index contributed by atoms with van der Waals surface area (Å²) in [5.74, 6) is 0. The van der Waals surface area contributed by atoms with Gasteiger partial charge in [0.25, 0.3) is 0 Å². The highest BCUT2D eigenvalue weighted by Gasteiger charge is 2.54. The number of fused-ring (bicyclic) bond motifs is 18. The second-order valence-electron chi connectivity index (χ2n) is 29.5. The van der Waals surface area contributed by atoms with Crippen molar-refractivity contribution in [1.82, 2.24) is 4.98 Å². The highest BCUT2D eigenvalue weighted by molar-refractivity contribution is 9.10. The van der Waals surface area contributed by atoms with E-state index < -0.39 is 21.7 Å². The molecular weight excluding hydrogens is 1390 g/mol. The first kappa shape index (κ1) is 58.9. The minimum absolute atomic E-state index is 0.730. The third-order valence-electron chi connectivity index (χ3n) is 25.1. The molecule has 0 fully saturated rings. The van der Waals surface area contributed by atoms with Crippen molar-refractivity contribution in [2.75, 3.05) is 0 Å². The lowest BCUT2D eigenvalue weighted by Gasteiger charge is -2.39. The van der Waals surface area contributed by atoms with Crippen LogP contribution >= 0.6 is 31.9 Å². The van der Waals surface area contributed by atoms with Crippen LogP contribution < -0.4 is 0 Å². The maximum absolute atomic E-state index is 4.16. The van der Waals surface area contributed by atoms with Crippen molar-refractivity contribution in [3.63, 3.8) is 0 Å². The van der Waals surface area contributed by atoms with Gasteiger partial charge in [0.05, 0.1) is 27.2 Å². The van der Waals surface area contributed by atoms with Crippen molar-refractivity contribution in [3.8, 4) is 77.9 Å². The lowest BCUT2D eigenvalue weighted by molar-refractivity contribution is 0.734. The first-order valence-electron chi connectivity index (χ1n) is 36.3. The fourth-order valence-corrected chi connectivity index (χ4v) is 21.7. The minimum atomic E-state index is -0.788. The van der Waals surface area contributed by atoms with Crippen LogP contribution in [0.4, 0.5) is 0 Å². The van der Waals surface area contributed by atoms with Crippen LogP contribution in [0, 0.1) is 0 Å². The number of rotatable bonds is 0. The number of aromatic nitrogens is 1. The molecule has 0 unspecified atom stereocenters. The minimum Gasteiger partial charge on any atom is -0.354 e. The molecule has 0 saturated heterocycles. The van der Waals surface area contributed by atoms with Gasteiger partial charge in [0.1, 0.15) is 0 Å². The van der Waals surface area contributed by atoms with Gasteiger partial charge in [-0.05, 0) is 227 Å². The Morgan fingerprint density at radius 3 is 0.933 bits per heavy atom. The fourth-order valence-electron chi connectivity index (χ4n) is 21.0. The predicted octanol–water partition coefficient (Wildman–Crippen LogP) is 25.5. The molecule has 1 heterocycles. The Bertz CT molecular complexity index is 6400. The molecule has 0 amide bonds. The maximum Gasteiger partial charge on any atom is 0.0734 e. The first-order chi connectivity index (χ1) is 51.3. The molecule has 16 aromatic carbocycles. The molecule has 1 N–H and O–H groups in total. The van der Waals surface area contributed by atoms with Crippen LogP contribution in [0.3, 0.4) is 0 Å². The summed E-state index contributed by atoms with van der Waals surface area (Å²) in [6, 6.07) is 137. The van der Waals surface area contributed by atoms with Crippen LogP contribution in [0.2, 0.25) is 0 Å². The van der Waals surface area contributed by atoms with Gasteiger partial charge < -0.3 is 4.98 Å². The van der Waals surface area contributed by atoms with E-state index >= 15 is 0 Å². The summed E-state index contributed by atoms with van der Waals surface area (Å²) in [6.45, 7) is 0. The number of benzene rings is 16.